The third-order valence-electron chi connectivity index (χ3n) is 15.1. The zero-order chi connectivity index (χ0) is 61.5. The molecule has 0 heterocycles. The Morgan fingerprint density at radius 2 is 0.614 bits per heavy atom. The Kier molecular flexibility index (Phi) is 55.2. The molecule has 83 heavy (non-hydrogen) atoms. The van der Waals surface area contributed by atoms with Gasteiger partial charge in [0.05, 0.1) is 26.4 Å². The van der Waals surface area contributed by atoms with E-state index in [-0.39, 0.29) is 25.7 Å². The van der Waals surface area contributed by atoms with Gasteiger partial charge in [0.1, 0.15) is 19.3 Å². The second kappa shape index (κ2) is 56.6. The number of carbonyl (C=O) groups excluding carboxylic acids is 4. The zero-order valence-electron chi connectivity index (χ0n) is 53.5. The van der Waals surface area contributed by atoms with Gasteiger partial charge in [-0.05, 0) is 37.5 Å². The number of carbonyl (C=O) groups is 4. The quantitative estimate of drug-likeness (QED) is 0.0222. The van der Waals surface area contributed by atoms with Gasteiger partial charge >= 0.3 is 39.5 Å². The van der Waals surface area contributed by atoms with Crippen molar-refractivity contribution in [3.8, 4) is 0 Å². The first-order valence-corrected chi connectivity index (χ1v) is 36.5. The number of unbranched alkanes of at least 4 members (excludes halogenated alkanes) is 32. The Bertz CT molecular complexity index is 1630. The van der Waals surface area contributed by atoms with E-state index in [4.69, 9.17) is 37.0 Å². The smallest absolute Gasteiger partial charge is 0.462 e. The van der Waals surface area contributed by atoms with E-state index >= 15 is 0 Å². The van der Waals surface area contributed by atoms with E-state index in [0.29, 0.717) is 31.6 Å². The first-order valence-electron chi connectivity index (χ1n) is 33.5. The molecule has 6 atom stereocenters. The lowest BCUT2D eigenvalue weighted by atomic mass is 9.99. The molecule has 0 rings (SSSR count). The fourth-order valence-corrected chi connectivity index (χ4v) is 11.1. The molecule has 0 radical (unpaired) electrons. The number of hydrogen-bond acceptors (Lipinski definition) is 15. The summed E-state index contributed by atoms with van der Waals surface area (Å²) < 4.78 is 68.0. The van der Waals surface area contributed by atoms with Crippen LogP contribution in [0.4, 0.5) is 0 Å². The van der Waals surface area contributed by atoms with Crippen LogP contribution in [-0.2, 0) is 65.4 Å². The molecule has 0 aromatic rings. The molecule has 3 N–H and O–H groups in total. The largest absolute Gasteiger partial charge is 0.472 e. The molecule has 0 aliphatic heterocycles. The van der Waals surface area contributed by atoms with Crippen LogP contribution in [0.2, 0.25) is 0 Å². The monoisotopic (exact) mass is 1230 g/mol. The minimum atomic E-state index is -4.94. The topological polar surface area (TPSA) is 237 Å². The van der Waals surface area contributed by atoms with Crippen LogP contribution in [0.1, 0.15) is 318 Å². The van der Waals surface area contributed by atoms with Crippen molar-refractivity contribution < 1.29 is 80.2 Å². The summed E-state index contributed by atoms with van der Waals surface area (Å²) in [5.41, 5.74) is 0. The van der Waals surface area contributed by atoms with E-state index in [9.17, 15) is 43.2 Å². The van der Waals surface area contributed by atoms with E-state index in [2.05, 4.69) is 41.5 Å². The summed E-state index contributed by atoms with van der Waals surface area (Å²) in [6, 6.07) is 0. The molecule has 492 valence electrons. The SMILES string of the molecule is CCCCCCCCCCCCCCC(=O)OC[C@H](COP(=O)(O)OC[C@@H](O)COP(=O)(O)OC[C@@H](COC(=O)CCCCCCCCC(C)C)OC(=O)CCCCCCCCCCCC)OC(=O)CCCCCCCCCCC(C)CC. The van der Waals surface area contributed by atoms with Crippen molar-refractivity contribution in [1.29, 1.82) is 0 Å². The van der Waals surface area contributed by atoms with E-state index < -0.39 is 97.5 Å². The van der Waals surface area contributed by atoms with Gasteiger partial charge in [0.25, 0.3) is 0 Å². The van der Waals surface area contributed by atoms with Crippen LogP contribution < -0.4 is 0 Å². The van der Waals surface area contributed by atoms with Crippen molar-refractivity contribution in [2.45, 2.75) is 336 Å². The van der Waals surface area contributed by atoms with E-state index in [1.807, 2.05) is 0 Å². The maximum atomic E-state index is 13.0. The minimum Gasteiger partial charge on any atom is -0.462 e. The average molecular weight is 1230 g/mol. The molecule has 0 spiro atoms. The van der Waals surface area contributed by atoms with Crippen molar-refractivity contribution in [2.24, 2.45) is 11.8 Å². The van der Waals surface area contributed by atoms with Crippen molar-refractivity contribution in [3.05, 3.63) is 0 Å². The van der Waals surface area contributed by atoms with Crippen molar-refractivity contribution in [2.75, 3.05) is 39.6 Å². The molecule has 0 saturated carbocycles. The van der Waals surface area contributed by atoms with Gasteiger partial charge in [-0.1, -0.05) is 266 Å². The van der Waals surface area contributed by atoms with Crippen LogP contribution in [0.25, 0.3) is 0 Å². The van der Waals surface area contributed by atoms with Crippen LogP contribution in [0.3, 0.4) is 0 Å². The van der Waals surface area contributed by atoms with Crippen LogP contribution >= 0.6 is 15.6 Å². The second-order valence-electron chi connectivity index (χ2n) is 23.9. The van der Waals surface area contributed by atoms with Gasteiger partial charge in [-0.15, -0.1) is 0 Å². The third-order valence-corrected chi connectivity index (χ3v) is 17.0. The molecule has 0 aliphatic carbocycles. The standard InChI is InChI=1S/C64H124O17P2/c1-7-10-12-14-16-18-20-21-23-27-34-40-46-61(66)74-52-59(81-64(69)49-43-37-29-25-24-26-33-39-45-57(6)9-3)54-78-82(70,71)76-50-58(65)51-77-83(72,73)79-55-60(53-75-62(67)47-41-35-31-30-32-38-44-56(4)5)80-63(68)48-42-36-28-22-19-17-15-13-11-8-2/h56-60,65H,7-55H2,1-6H3,(H,70,71)(H,72,73)/t57?,58-,59-,60-/m1/s1. The molecule has 0 saturated heterocycles. The molecule has 19 heteroatoms. The fourth-order valence-electron chi connectivity index (χ4n) is 9.50. The van der Waals surface area contributed by atoms with Gasteiger partial charge in [-0.25, -0.2) is 9.13 Å². The Labute approximate surface area is 505 Å². The number of esters is 4. The molecular formula is C64H124O17P2. The predicted molar refractivity (Wildman–Crippen MR) is 331 cm³/mol. The average Bonchev–Trinajstić information content (AvgIpc) is 3.46. The van der Waals surface area contributed by atoms with Crippen LogP contribution in [0.15, 0.2) is 0 Å². The highest BCUT2D eigenvalue weighted by Crippen LogP contribution is 2.45. The van der Waals surface area contributed by atoms with Crippen LogP contribution in [0.5, 0.6) is 0 Å². The molecule has 17 nitrogen and oxygen atoms in total. The highest BCUT2D eigenvalue weighted by atomic mass is 31.2. The van der Waals surface area contributed by atoms with E-state index in [0.717, 1.165) is 102 Å². The Hall–Kier alpha value is -1.94. The summed E-state index contributed by atoms with van der Waals surface area (Å²) in [6.07, 6.45) is 38.9. The van der Waals surface area contributed by atoms with Gasteiger partial charge < -0.3 is 33.8 Å². The Morgan fingerprint density at radius 1 is 0.349 bits per heavy atom. The summed E-state index contributed by atoms with van der Waals surface area (Å²) in [5.74, 6) is -0.686. The van der Waals surface area contributed by atoms with Gasteiger partial charge in [0, 0.05) is 25.7 Å². The lowest BCUT2D eigenvalue weighted by Crippen LogP contribution is -2.30. The molecule has 0 fully saturated rings. The second-order valence-corrected chi connectivity index (χ2v) is 26.8. The lowest BCUT2D eigenvalue weighted by molar-refractivity contribution is -0.161. The highest BCUT2D eigenvalue weighted by molar-refractivity contribution is 7.47. The third kappa shape index (κ3) is 57.6. The number of phosphoric acid groups is 2. The summed E-state index contributed by atoms with van der Waals surface area (Å²) in [6.45, 7) is 9.40. The molecule has 0 aromatic carbocycles. The molecule has 0 aliphatic rings. The minimum absolute atomic E-state index is 0.105. The number of rotatable bonds is 63. The first kappa shape index (κ1) is 81.1. The number of phosphoric ester groups is 2. The molecule has 0 bridgehead atoms. The number of aliphatic hydroxyl groups excluding tert-OH is 1. The summed E-state index contributed by atoms with van der Waals surface area (Å²) >= 11 is 0. The maximum absolute atomic E-state index is 13.0. The number of hydrogen-bond donors (Lipinski definition) is 3. The zero-order valence-corrected chi connectivity index (χ0v) is 55.3. The summed E-state index contributed by atoms with van der Waals surface area (Å²) in [7, 11) is -9.89. The van der Waals surface area contributed by atoms with Gasteiger partial charge in [0.15, 0.2) is 12.2 Å². The van der Waals surface area contributed by atoms with Gasteiger partial charge in [-0.2, -0.15) is 0 Å². The predicted octanol–water partition coefficient (Wildman–Crippen LogP) is 17.7. The number of aliphatic hydroxyl groups is 1. The molecule has 3 unspecified atom stereocenters. The van der Waals surface area contributed by atoms with Crippen LogP contribution in [0, 0.1) is 11.8 Å². The Balaban J connectivity index is 5.25. The van der Waals surface area contributed by atoms with E-state index in [1.54, 1.807) is 0 Å². The van der Waals surface area contributed by atoms with Crippen molar-refractivity contribution >= 4 is 39.5 Å². The maximum Gasteiger partial charge on any atom is 0.472 e. The molecular weight excluding hydrogens is 1100 g/mol. The fraction of sp³-hybridized carbons (Fsp3) is 0.938. The number of ether oxygens (including phenoxy) is 4. The highest BCUT2D eigenvalue weighted by Gasteiger charge is 2.30. The molecule has 0 amide bonds. The van der Waals surface area contributed by atoms with Gasteiger partial charge in [-0.3, -0.25) is 37.3 Å². The summed E-state index contributed by atoms with van der Waals surface area (Å²) in [4.78, 5) is 72.2. The first-order chi connectivity index (χ1) is 39.9. The van der Waals surface area contributed by atoms with Crippen molar-refractivity contribution in [3.63, 3.8) is 0 Å². The summed E-state index contributed by atoms with van der Waals surface area (Å²) in [5, 5.41) is 10.5. The van der Waals surface area contributed by atoms with E-state index in [1.165, 1.54) is 128 Å². The van der Waals surface area contributed by atoms with Crippen molar-refractivity contribution in [1.82, 2.24) is 0 Å². The van der Waals surface area contributed by atoms with Gasteiger partial charge in [0.2, 0.25) is 0 Å². The normalized spacial score (nSPS) is 14.6. The Morgan fingerprint density at radius 3 is 0.916 bits per heavy atom. The molecule has 0 aromatic heterocycles. The van der Waals surface area contributed by atoms with Crippen LogP contribution in [-0.4, -0.2) is 96.7 Å². The lowest BCUT2D eigenvalue weighted by Gasteiger charge is -2.21.